The average molecular weight is 347 g/mol. The maximum Gasteiger partial charge on any atom is 0.310 e. The molecule has 1 N–H and O–H groups in total. The number of aromatic nitrogens is 1. The molecule has 0 unspecified atom stereocenters. The summed E-state index contributed by atoms with van der Waals surface area (Å²) in [5.41, 5.74) is 3.22. The van der Waals surface area contributed by atoms with Crippen LogP contribution in [0.25, 0.3) is 21.9 Å². The first kappa shape index (κ1) is 16.1. The molecule has 26 heavy (non-hydrogen) atoms. The van der Waals surface area contributed by atoms with Crippen molar-refractivity contribution in [3.8, 4) is 0 Å². The molecule has 2 aromatic carbocycles. The summed E-state index contributed by atoms with van der Waals surface area (Å²) in [5.74, 6) is -0.547. The third-order valence-corrected chi connectivity index (χ3v) is 4.47. The van der Waals surface area contributed by atoms with E-state index in [0.717, 1.165) is 27.4 Å². The quantitative estimate of drug-likeness (QED) is 0.434. The number of furan rings is 1. The van der Waals surface area contributed by atoms with Gasteiger partial charge in [0.05, 0.1) is 6.42 Å². The summed E-state index contributed by atoms with van der Waals surface area (Å²) in [6.45, 7) is 1.49. The Morgan fingerprint density at radius 3 is 2.58 bits per heavy atom. The van der Waals surface area contributed by atoms with Crippen LogP contribution in [0.1, 0.15) is 21.7 Å². The van der Waals surface area contributed by atoms with E-state index in [1.165, 1.54) is 0 Å². The van der Waals surface area contributed by atoms with E-state index >= 15 is 0 Å². The first-order valence-electron chi connectivity index (χ1n) is 8.35. The molecule has 0 atom stereocenters. The van der Waals surface area contributed by atoms with Crippen LogP contribution in [0.2, 0.25) is 0 Å². The third-order valence-electron chi connectivity index (χ3n) is 4.47. The monoisotopic (exact) mass is 347 g/mol. The molecule has 0 aliphatic heterocycles. The number of aromatic amines is 1. The lowest BCUT2D eigenvalue weighted by molar-refractivity contribution is -0.141. The SMILES string of the molecule is Cc1c(C(=O)COC(=O)Cc2c[nH]c3ccccc23)oc2ccccc12. The number of H-pyrrole nitrogens is 1. The van der Waals surface area contributed by atoms with Gasteiger partial charge < -0.3 is 14.1 Å². The Morgan fingerprint density at radius 1 is 1.04 bits per heavy atom. The summed E-state index contributed by atoms with van der Waals surface area (Å²) in [4.78, 5) is 27.6. The minimum absolute atomic E-state index is 0.108. The fourth-order valence-corrected chi connectivity index (χ4v) is 3.14. The predicted molar refractivity (Wildman–Crippen MR) is 98.2 cm³/mol. The van der Waals surface area contributed by atoms with E-state index in [-0.39, 0.29) is 24.6 Å². The largest absolute Gasteiger partial charge is 0.457 e. The van der Waals surface area contributed by atoms with Crippen molar-refractivity contribution < 1.29 is 18.7 Å². The second-order valence-electron chi connectivity index (χ2n) is 6.17. The summed E-state index contributed by atoms with van der Waals surface area (Å²) in [6.07, 6.45) is 1.90. The number of aryl methyl sites for hydroxylation is 1. The molecule has 0 bridgehead atoms. The summed E-state index contributed by atoms with van der Waals surface area (Å²) in [7, 11) is 0. The second-order valence-corrected chi connectivity index (χ2v) is 6.17. The van der Waals surface area contributed by atoms with E-state index in [2.05, 4.69) is 4.98 Å². The first-order valence-corrected chi connectivity index (χ1v) is 8.35. The molecule has 0 amide bonds. The van der Waals surface area contributed by atoms with Crippen LogP contribution < -0.4 is 0 Å². The van der Waals surface area contributed by atoms with Crippen LogP contribution in [-0.4, -0.2) is 23.3 Å². The zero-order valence-corrected chi connectivity index (χ0v) is 14.2. The number of nitrogens with one attached hydrogen (secondary N) is 1. The molecule has 2 heterocycles. The van der Waals surface area contributed by atoms with Crippen LogP contribution in [-0.2, 0) is 16.0 Å². The Bertz CT molecular complexity index is 1120. The molecule has 4 rings (SSSR count). The molecule has 0 aliphatic carbocycles. The zero-order chi connectivity index (χ0) is 18.1. The first-order chi connectivity index (χ1) is 12.6. The summed E-state index contributed by atoms with van der Waals surface area (Å²) < 4.78 is 10.8. The van der Waals surface area contributed by atoms with Crippen molar-refractivity contribution in [1.29, 1.82) is 0 Å². The van der Waals surface area contributed by atoms with Gasteiger partial charge in [0.2, 0.25) is 5.78 Å². The highest BCUT2D eigenvalue weighted by Gasteiger charge is 2.19. The molecule has 0 aliphatic rings. The van der Waals surface area contributed by atoms with Crippen LogP contribution in [0.15, 0.2) is 59.1 Å². The van der Waals surface area contributed by atoms with Crippen LogP contribution in [0.5, 0.6) is 0 Å². The summed E-state index contributed by atoms with van der Waals surface area (Å²) in [6, 6.07) is 15.2. The fourth-order valence-electron chi connectivity index (χ4n) is 3.14. The Kier molecular flexibility index (Phi) is 4.05. The number of fused-ring (bicyclic) bond motifs is 2. The van der Waals surface area contributed by atoms with Crippen LogP contribution in [0.4, 0.5) is 0 Å². The van der Waals surface area contributed by atoms with Gasteiger partial charge in [0.15, 0.2) is 12.4 Å². The van der Waals surface area contributed by atoms with Crippen molar-refractivity contribution in [1.82, 2.24) is 4.98 Å². The Balaban J connectivity index is 1.43. The van der Waals surface area contributed by atoms with Gasteiger partial charge >= 0.3 is 5.97 Å². The predicted octanol–water partition coefficient (Wildman–Crippen LogP) is 4.19. The lowest BCUT2D eigenvalue weighted by atomic mass is 10.1. The van der Waals surface area contributed by atoms with E-state index < -0.39 is 5.97 Å². The van der Waals surface area contributed by atoms with Crippen molar-refractivity contribution in [3.63, 3.8) is 0 Å². The van der Waals surface area contributed by atoms with Crippen molar-refractivity contribution >= 4 is 33.6 Å². The number of Topliss-reactive ketones (excluding diaryl/α,β-unsaturated/α-hetero) is 1. The smallest absolute Gasteiger partial charge is 0.310 e. The number of para-hydroxylation sites is 2. The molecule has 5 nitrogen and oxygen atoms in total. The van der Waals surface area contributed by atoms with Gasteiger partial charge in [-0.05, 0) is 24.6 Å². The molecule has 0 radical (unpaired) electrons. The number of ether oxygens (including phenoxy) is 1. The standard InChI is InChI=1S/C21H17NO4/c1-13-15-6-3-5-9-19(15)26-21(13)18(23)12-25-20(24)10-14-11-22-17-8-4-2-7-16(14)17/h2-9,11,22H,10,12H2,1H3. The number of hydrogen-bond donors (Lipinski definition) is 1. The third kappa shape index (κ3) is 2.88. The second kappa shape index (κ2) is 6.52. The molecule has 0 saturated heterocycles. The molecule has 2 aromatic heterocycles. The molecule has 130 valence electrons. The number of esters is 1. The molecule has 0 fully saturated rings. The molecule has 0 saturated carbocycles. The number of ketones is 1. The molecular formula is C21H17NO4. The maximum absolute atomic E-state index is 12.4. The molecule has 5 heteroatoms. The number of carbonyl (C=O) groups excluding carboxylic acids is 2. The van der Waals surface area contributed by atoms with Crippen molar-refractivity contribution in [2.45, 2.75) is 13.3 Å². The van der Waals surface area contributed by atoms with Gasteiger partial charge in [-0.15, -0.1) is 0 Å². The Labute approximate surface area is 149 Å². The van der Waals surface area contributed by atoms with Crippen LogP contribution in [0, 0.1) is 6.92 Å². The highest BCUT2D eigenvalue weighted by molar-refractivity contribution is 6.01. The number of carbonyl (C=O) groups is 2. The van der Waals surface area contributed by atoms with E-state index in [1.807, 2.05) is 55.5 Å². The van der Waals surface area contributed by atoms with Gasteiger partial charge in [-0.2, -0.15) is 0 Å². The normalized spacial score (nSPS) is 11.1. The van der Waals surface area contributed by atoms with Crippen LogP contribution in [0.3, 0.4) is 0 Å². The van der Waals surface area contributed by atoms with E-state index in [0.29, 0.717) is 5.58 Å². The van der Waals surface area contributed by atoms with Crippen LogP contribution >= 0.6 is 0 Å². The summed E-state index contributed by atoms with van der Waals surface area (Å²) in [5, 5.41) is 1.87. The maximum atomic E-state index is 12.4. The number of hydrogen-bond acceptors (Lipinski definition) is 4. The zero-order valence-electron chi connectivity index (χ0n) is 14.2. The van der Waals surface area contributed by atoms with E-state index in [9.17, 15) is 9.59 Å². The van der Waals surface area contributed by atoms with Gasteiger partial charge in [0.1, 0.15) is 5.58 Å². The summed E-state index contributed by atoms with van der Waals surface area (Å²) >= 11 is 0. The highest BCUT2D eigenvalue weighted by atomic mass is 16.5. The molecule has 0 spiro atoms. The topological polar surface area (TPSA) is 72.3 Å². The van der Waals surface area contributed by atoms with Gasteiger partial charge in [0, 0.05) is 28.0 Å². The minimum Gasteiger partial charge on any atom is -0.457 e. The van der Waals surface area contributed by atoms with Crippen molar-refractivity contribution in [2.24, 2.45) is 0 Å². The van der Waals surface area contributed by atoms with E-state index in [4.69, 9.17) is 9.15 Å². The highest BCUT2D eigenvalue weighted by Crippen LogP contribution is 2.25. The van der Waals surface area contributed by atoms with Gasteiger partial charge in [-0.3, -0.25) is 9.59 Å². The van der Waals surface area contributed by atoms with Crippen molar-refractivity contribution in [2.75, 3.05) is 6.61 Å². The van der Waals surface area contributed by atoms with E-state index in [1.54, 1.807) is 6.20 Å². The number of benzene rings is 2. The lowest BCUT2D eigenvalue weighted by Crippen LogP contribution is -2.15. The molecular weight excluding hydrogens is 330 g/mol. The van der Waals surface area contributed by atoms with Gasteiger partial charge in [-0.1, -0.05) is 36.4 Å². The number of rotatable bonds is 5. The van der Waals surface area contributed by atoms with Gasteiger partial charge in [0.25, 0.3) is 0 Å². The molecule has 4 aromatic rings. The average Bonchev–Trinajstić information content (AvgIpc) is 3.22. The van der Waals surface area contributed by atoms with Crippen molar-refractivity contribution in [3.05, 3.63) is 71.6 Å². The Morgan fingerprint density at radius 2 is 1.77 bits per heavy atom. The lowest BCUT2D eigenvalue weighted by Gasteiger charge is -2.03. The minimum atomic E-state index is -0.447. The van der Waals surface area contributed by atoms with Gasteiger partial charge in [-0.25, -0.2) is 0 Å². The Hall–Kier alpha value is -3.34. The fraction of sp³-hybridized carbons (Fsp3) is 0.143.